The lowest BCUT2D eigenvalue weighted by atomic mass is 9.86. The summed E-state index contributed by atoms with van der Waals surface area (Å²) in [5, 5.41) is 2.30. The molecule has 0 aromatic heterocycles. The van der Waals surface area contributed by atoms with Crippen LogP contribution in [-0.2, 0) is 38.2 Å². The quantitative estimate of drug-likeness (QED) is 0.214. The van der Waals surface area contributed by atoms with Gasteiger partial charge < -0.3 is 19.0 Å². The number of amides is 1. The molecule has 3 unspecified atom stereocenters. The average Bonchev–Trinajstić information content (AvgIpc) is 2.86. The molecule has 0 aromatic carbocycles. The van der Waals surface area contributed by atoms with Crippen molar-refractivity contribution in [3.63, 3.8) is 0 Å². The summed E-state index contributed by atoms with van der Waals surface area (Å²) >= 11 is 0. The van der Waals surface area contributed by atoms with Crippen molar-refractivity contribution in [1.29, 1.82) is 0 Å². The first-order valence-corrected chi connectivity index (χ1v) is 14.3. The molecule has 1 heterocycles. The van der Waals surface area contributed by atoms with Crippen LogP contribution in [0.3, 0.4) is 0 Å². The number of nitrogens with one attached hydrogen (secondary N) is 1. The second-order valence-corrected chi connectivity index (χ2v) is 11.9. The van der Waals surface area contributed by atoms with Gasteiger partial charge in [-0.25, -0.2) is 0 Å². The summed E-state index contributed by atoms with van der Waals surface area (Å²) in [5.41, 5.74) is -5.72. The van der Waals surface area contributed by atoms with Crippen LogP contribution in [0.15, 0.2) is 58.6 Å². The van der Waals surface area contributed by atoms with Gasteiger partial charge in [0.15, 0.2) is 5.76 Å². The van der Waals surface area contributed by atoms with Crippen molar-refractivity contribution in [2.75, 3.05) is 14.2 Å². The minimum Gasteiger partial charge on any atom is -0.381 e. The van der Waals surface area contributed by atoms with Gasteiger partial charge >= 0.3 is 15.6 Å². The number of hydrogen-bond acceptors (Lipinski definition) is 8. The molecule has 1 N–H and O–H groups in total. The molecule has 2 bridgehead atoms. The van der Waals surface area contributed by atoms with E-state index in [0.29, 0.717) is 25.3 Å². The van der Waals surface area contributed by atoms with Crippen LogP contribution in [0.5, 0.6) is 0 Å². The van der Waals surface area contributed by atoms with E-state index in [1.165, 1.54) is 20.1 Å². The summed E-state index contributed by atoms with van der Waals surface area (Å²) in [7, 11) is -3.18. The SMILES string of the molecule is COC1/C=C\C=C(/C)C(=O)NC2=CC(=O)C(OS(=O)(=O)C(F)(F)F)=C(CC(C)CC(OC)C[C@@H](C)/C=C(\C)C1)C2=O. The van der Waals surface area contributed by atoms with E-state index in [-0.39, 0.29) is 30.1 Å². The number of allylic oxidation sites excluding steroid dienone is 5. The number of alkyl halides is 3. The Morgan fingerprint density at radius 2 is 1.66 bits per heavy atom. The first kappa shape index (κ1) is 34.2. The maximum atomic E-state index is 13.3. The molecule has 41 heavy (non-hydrogen) atoms. The van der Waals surface area contributed by atoms with Crippen LogP contribution in [0.1, 0.15) is 53.4 Å². The predicted molar refractivity (Wildman–Crippen MR) is 144 cm³/mol. The number of rotatable bonds is 4. The second-order valence-electron chi connectivity index (χ2n) is 10.3. The van der Waals surface area contributed by atoms with Gasteiger partial charge in [-0.2, -0.15) is 21.6 Å². The zero-order valence-electron chi connectivity index (χ0n) is 23.8. The Balaban J connectivity index is 2.58. The number of carbonyl (C=O) groups is 3. The Morgan fingerprint density at radius 1 is 1.00 bits per heavy atom. The second kappa shape index (κ2) is 14.2. The molecule has 0 radical (unpaired) electrons. The molecular weight excluding hydrogens is 567 g/mol. The summed E-state index contributed by atoms with van der Waals surface area (Å²) in [6, 6.07) is 0. The zero-order valence-corrected chi connectivity index (χ0v) is 24.6. The summed E-state index contributed by atoms with van der Waals surface area (Å²) in [6.07, 6.45) is 8.06. The van der Waals surface area contributed by atoms with Gasteiger partial charge in [-0.3, -0.25) is 14.4 Å². The zero-order chi connectivity index (χ0) is 31.1. The van der Waals surface area contributed by atoms with Crippen LogP contribution in [-0.4, -0.2) is 57.8 Å². The third kappa shape index (κ3) is 9.50. The number of methoxy groups -OCH3 is 2. The van der Waals surface area contributed by atoms with Crippen molar-refractivity contribution in [3.8, 4) is 0 Å². The first-order chi connectivity index (χ1) is 19.0. The molecule has 0 saturated heterocycles. The number of ketones is 2. The van der Waals surface area contributed by atoms with Gasteiger partial charge in [-0.15, -0.1) is 0 Å². The Kier molecular flexibility index (Phi) is 11.9. The van der Waals surface area contributed by atoms with Crippen molar-refractivity contribution in [3.05, 3.63) is 58.6 Å². The highest BCUT2D eigenvalue weighted by Crippen LogP contribution is 2.33. The topological polar surface area (TPSA) is 125 Å². The molecule has 1 amide bonds. The third-order valence-corrected chi connectivity index (χ3v) is 7.58. The van der Waals surface area contributed by atoms with E-state index in [4.69, 9.17) is 9.47 Å². The maximum Gasteiger partial charge on any atom is 0.534 e. The smallest absolute Gasteiger partial charge is 0.381 e. The van der Waals surface area contributed by atoms with Gasteiger partial charge in [0, 0.05) is 31.4 Å². The van der Waals surface area contributed by atoms with E-state index < -0.39 is 56.0 Å². The molecule has 9 nitrogen and oxygen atoms in total. The predicted octanol–water partition coefficient (Wildman–Crippen LogP) is 4.58. The fourth-order valence-electron chi connectivity index (χ4n) is 4.58. The molecule has 4 atom stereocenters. The lowest BCUT2D eigenvalue weighted by Crippen LogP contribution is -2.35. The Bertz CT molecular complexity index is 1290. The fourth-order valence-corrected chi connectivity index (χ4v) is 5.07. The normalized spacial score (nSPS) is 29.6. The Labute approximate surface area is 238 Å². The minimum atomic E-state index is -6.25. The number of ether oxygens (including phenoxy) is 2. The summed E-state index contributed by atoms with van der Waals surface area (Å²) in [4.78, 5) is 38.9. The highest BCUT2D eigenvalue weighted by atomic mass is 32.2. The molecule has 0 spiro atoms. The van der Waals surface area contributed by atoms with Gasteiger partial charge in [0.2, 0.25) is 11.6 Å². The van der Waals surface area contributed by atoms with Crippen LogP contribution < -0.4 is 5.32 Å². The van der Waals surface area contributed by atoms with Gasteiger partial charge in [0.05, 0.1) is 17.9 Å². The molecule has 1 aliphatic heterocycles. The van der Waals surface area contributed by atoms with Gasteiger partial charge in [0.25, 0.3) is 5.91 Å². The monoisotopic (exact) mass is 603 g/mol. The molecule has 0 fully saturated rings. The number of carbonyl (C=O) groups excluding carboxylic acids is 3. The van der Waals surface area contributed by atoms with Gasteiger partial charge in [0.1, 0.15) is 0 Å². The molecule has 1 aliphatic carbocycles. The number of halogens is 3. The number of hydrogen-bond donors (Lipinski definition) is 1. The summed E-state index contributed by atoms with van der Waals surface area (Å²) in [6.45, 7) is 7.11. The molecular formula is C28H36F3NO8S. The van der Waals surface area contributed by atoms with Crippen LogP contribution in [0.25, 0.3) is 0 Å². The van der Waals surface area contributed by atoms with Crippen LogP contribution in [0.2, 0.25) is 0 Å². The first-order valence-electron chi connectivity index (χ1n) is 12.9. The standard InChI is InChI=1S/C28H36F3NO8S/c1-16-10-17(2)12-21(39-6)13-18(3)14-22-25(34)23(15-24(33)26(22)40-41(36,37)28(29,30)31)32-27(35)19(4)8-7-9-20(11-16)38-5/h7-10,15,17-18,20-21H,11-14H2,1-6H3,(H,32,35)/b9-7-,16-10+,19-8+/t17-,18?,20?,21?/m0/s1. The van der Waals surface area contributed by atoms with Crippen molar-refractivity contribution in [1.82, 2.24) is 5.32 Å². The van der Waals surface area contributed by atoms with Crippen LogP contribution in [0, 0.1) is 11.8 Å². The van der Waals surface area contributed by atoms with E-state index in [0.717, 1.165) is 5.57 Å². The molecule has 0 aromatic rings. The van der Waals surface area contributed by atoms with Crippen molar-refractivity contribution < 1.29 is 49.6 Å². The number of Topliss-reactive ketones (excluding diaryl/α,β-unsaturated/α-hetero) is 1. The average molecular weight is 604 g/mol. The molecule has 13 heteroatoms. The largest absolute Gasteiger partial charge is 0.534 e. The van der Waals surface area contributed by atoms with E-state index >= 15 is 0 Å². The number of fused-ring (bicyclic) bond motifs is 2. The lowest BCUT2D eigenvalue weighted by molar-refractivity contribution is -0.120. The van der Waals surface area contributed by atoms with Crippen LogP contribution in [0.4, 0.5) is 13.2 Å². The van der Waals surface area contributed by atoms with E-state index in [1.807, 2.05) is 13.8 Å². The molecule has 0 saturated carbocycles. The van der Waals surface area contributed by atoms with Gasteiger partial charge in [-0.1, -0.05) is 43.7 Å². The van der Waals surface area contributed by atoms with E-state index in [2.05, 4.69) is 15.6 Å². The maximum absolute atomic E-state index is 13.3. The van der Waals surface area contributed by atoms with Crippen molar-refractivity contribution in [2.24, 2.45) is 11.8 Å². The van der Waals surface area contributed by atoms with E-state index in [1.54, 1.807) is 26.2 Å². The Hall–Kier alpha value is -3.03. The van der Waals surface area contributed by atoms with Crippen LogP contribution >= 0.6 is 0 Å². The molecule has 2 aliphatic rings. The highest BCUT2D eigenvalue weighted by Gasteiger charge is 2.50. The van der Waals surface area contributed by atoms with E-state index in [9.17, 15) is 36.0 Å². The molecule has 2 rings (SSSR count). The lowest BCUT2D eigenvalue weighted by Gasteiger charge is -2.25. The minimum absolute atomic E-state index is 0.0714. The summed E-state index contributed by atoms with van der Waals surface area (Å²) < 4.78 is 78.1. The van der Waals surface area contributed by atoms with Crippen molar-refractivity contribution in [2.45, 2.75) is 71.1 Å². The highest BCUT2D eigenvalue weighted by molar-refractivity contribution is 7.87. The summed E-state index contributed by atoms with van der Waals surface area (Å²) in [5.74, 6) is -4.72. The third-order valence-electron chi connectivity index (χ3n) is 6.63. The fraction of sp³-hybridized carbons (Fsp3) is 0.536. The van der Waals surface area contributed by atoms with Gasteiger partial charge in [-0.05, 0) is 51.4 Å². The molecule has 228 valence electrons. The van der Waals surface area contributed by atoms with Crippen molar-refractivity contribution >= 4 is 27.6 Å². The Morgan fingerprint density at radius 3 is 2.24 bits per heavy atom.